The zero-order chi connectivity index (χ0) is 27.9. The molecule has 40 heavy (non-hydrogen) atoms. The quantitative estimate of drug-likeness (QED) is 0.241. The van der Waals surface area contributed by atoms with Crippen LogP contribution in [0, 0.1) is 18.8 Å². The summed E-state index contributed by atoms with van der Waals surface area (Å²) in [6, 6.07) is 13.4. The number of carbonyl (C=O) groups excluding carboxylic acids is 2. The summed E-state index contributed by atoms with van der Waals surface area (Å²) in [6.45, 7) is 5.91. The zero-order valence-corrected chi connectivity index (χ0v) is 23.3. The van der Waals surface area contributed by atoms with Gasteiger partial charge in [-0.3, -0.25) is 4.79 Å². The molecular weight excluding hydrogens is 506 g/mol. The van der Waals surface area contributed by atoms with Crippen molar-refractivity contribution in [2.24, 2.45) is 11.8 Å². The first-order valence-electron chi connectivity index (χ1n) is 14.3. The van der Waals surface area contributed by atoms with Gasteiger partial charge in [-0.2, -0.15) is 0 Å². The van der Waals surface area contributed by atoms with Crippen molar-refractivity contribution in [3.8, 4) is 17.3 Å². The van der Waals surface area contributed by atoms with Gasteiger partial charge in [0.15, 0.2) is 0 Å². The molecule has 1 amide bonds. The monoisotopic (exact) mass is 543 g/mol. The molecule has 5 rings (SSSR count). The molecule has 1 saturated heterocycles. The van der Waals surface area contributed by atoms with Crippen molar-refractivity contribution >= 4 is 18.0 Å². The van der Waals surface area contributed by atoms with Gasteiger partial charge < -0.3 is 18.8 Å². The first kappa shape index (κ1) is 27.6. The molecule has 1 aromatic carbocycles. The van der Waals surface area contributed by atoms with Gasteiger partial charge in [-0.1, -0.05) is 31.0 Å². The Morgan fingerprint density at radius 3 is 2.50 bits per heavy atom. The summed E-state index contributed by atoms with van der Waals surface area (Å²) in [5, 5.41) is 0. The normalized spacial score (nSPS) is 18.9. The lowest BCUT2D eigenvalue weighted by molar-refractivity contribution is -0.140. The highest BCUT2D eigenvalue weighted by molar-refractivity contribution is 5.99. The van der Waals surface area contributed by atoms with E-state index < -0.39 is 5.97 Å². The van der Waals surface area contributed by atoms with E-state index >= 15 is 0 Å². The van der Waals surface area contributed by atoms with E-state index in [-0.39, 0.29) is 18.9 Å². The van der Waals surface area contributed by atoms with Crippen molar-refractivity contribution in [1.82, 2.24) is 14.9 Å². The number of ether oxygens (including phenoxy) is 2. The molecule has 0 spiro atoms. The molecule has 210 valence electrons. The summed E-state index contributed by atoms with van der Waals surface area (Å²) in [6.07, 6.45) is 8.83. The van der Waals surface area contributed by atoms with Gasteiger partial charge in [-0.25, -0.2) is 14.8 Å². The number of aryl methyl sites for hydroxylation is 1. The third-order valence-electron chi connectivity index (χ3n) is 7.81. The van der Waals surface area contributed by atoms with Gasteiger partial charge in [0, 0.05) is 42.9 Å². The fraction of sp³-hybridized carbons (Fsp3) is 0.438. The number of esters is 1. The predicted octanol–water partition coefficient (Wildman–Crippen LogP) is 5.65. The molecule has 1 aliphatic carbocycles. The number of amides is 1. The molecule has 3 aromatic rings. The van der Waals surface area contributed by atoms with Crippen molar-refractivity contribution in [3.05, 3.63) is 71.3 Å². The van der Waals surface area contributed by atoms with E-state index in [2.05, 4.69) is 9.97 Å². The Hall–Kier alpha value is -3.94. The third-order valence-corrected chi connectivity index (χ3v) is 7.81. The zero-order valence-electron chi connectivity index (χ0n) is 23.3. The Kier molecular flexibility index (Phi) is 8.94. The van der Waals surface area contributed by atoms with Crippen LogP contribution in [0.2, 0.25) is 0 Å². The lowest BCUT2D eigenvalue weighted by Gasteiger charge is -2.22. The Bertz CT molecular complexity index is 1320. The van der Waals surface area contributed by atoms with Gasteiger partial charge in [0.1, 0.15) is 5.76 Å². The van der Waals surface area contributed by atoms with E-state index in [4.69, 9.17) is 13.9 Å². The van der Waals surface area contributed by atoms with Gasteiger partial charge in [0.05, 0.1) is 25.3 Å². The number of rotatable bonds is 10. The molecule has 2 aromatic heterocycles. The third kappa shape index (κ3) is 6.79. The van der Waals surface area contributed by atoms with Gasteiger partial charge >= 0.3 is 5.97 Å². The summed E-state index contributed by atoms with van der Waals surface area (Å²) < 4.78 is 16.9. The van der Waals surface area contributed by atoms with E-state index in [1.54, 1.807) is 25.3 Å². The molecule has 2 atom stereocenters. The molecule has 1 aliphatic heterocycles. The molecule has 8 heteroatoms. The number of oxazole rings is 1. The van der Waals surface area contributed by atoms with E-state index in [0.717, 1.165) is 30.1 Å². The maximum Gasteiger partial charge on any atom is 0.334 e. The van der Waals surface area contributed by atoms with Crippen LogP contribution in [0.3, 0.4) is 0 Å². The van der Waals surface area contributed by atoms with Gasteiger partial charge in [-0.15, -0.1) is 0 Å². The van der Waals surface area contributed by atoms with Crippen LogP contribution in [0.1, 0.15) is 56.0 Å². The van der Waals surface area contributed by atoms with E-state index in [1.165, 1.54) is 25.7 Å². The smallest absolute Gasteiger partial charge is 0.334 e. The summed E-state index contributed by atoms with van der Waals surface area (Å²) in [7, 11) is 0. The predicted molar refractivity (Wildman–Crippen MR) is 151 cm³/mol. The number of hydrogen-bond acceptors (Lipinski definition) is 7. The fourth-order valence-electron chi connectivity index (χ4n) is 5.67. The molecule has 2 aliphatic rings. The molecule has 1 saturated carbocycles. The van der Waals surface area contributed by atoms with Crippen LogP contribution in [0.25, 0.3) is 17.5 Å². The first-order valence-corrected chi connectivity index (χ1v) is 14.3. The van der Waals surface area contributed by atoms with Crippen LogP contribution in [-0.4, -0.2) is 53.0 Å². The van der Waals surface area contributed by atoms with Crippen molar-refractivity contribution in [2.75, 3.05) is 26.3 Å². The van der Waals surface area contributed by atoms with E-state index in [9.17, 15) is 9.59 Å². The topological polar surface area (TPSA) is 94.8 Å². The lowest BCUT2D eigenvalue weighted by atomic mass is 9.82. The average molecular weight is 544 g/mol. The van der Waals surface area contributed by atoms with Crippen molar-refractivity contribution < 1.29 is 23.5 Å². The van der Waals surface area contributed by atoms with Crippen molar-refractivity contribution in [1.29, 1.82) is 0 Å². The van der Waals surface area contributed by atoms with Crippen molar-refractivity contribution in [2.45, 2.75) is 52.4 Å². The average Bonchev–Trinajstić information content (AvgIpc) is 3.58. The summed E-state index contributed by atoms with van der Waals surface area (Å²) in [5.74, 6) is 2.55. The Morgan fingerprint density at radius 1 is 1.07 bits per heavy atom. The molecule has 0 N–H and O–H groups in total. The highest BCUT2D eigenvalue weighted by Crippen LogP contribution is 2.36. The Morgan fingerprint density at radius 2 is 1.82 bits per heavy atom. The van der Waals surface area contributed by atoms with Gasteiger partial charge in [-0.05, 0) is 68.4 Å². The van der Waals surface area contributed by atoms with Crippen LogP contribution in [0.4, 0.5) is 0 Å². The largest absolute Gasteiger partial charge is 0.477 e. The van der Waals surface area contributed by atoms with E-state index in [1.807, 2.05) is 48.2 Å². The van der Waals surface area contributed by atoms with Crippen LogP contribution >= 0.6 is 0 Å². The number of hydrogen-bond donors (Lipinski definition) is 0. The minimum Gasteiger partial charge on any atom is -0.477 e. The summed E-state index contributed by atoms with van der Waals surface area (Å²) >= 11 is 0. The minimum atomic E-state index is -0.467. The Labute approximate surface area is 235 Å². The second-order valence-electron chi connectivity index (χ2n) is 10.6. The molecule has 0 radical (unpaired) electrons. The Balaban J connectivity index is 1.18. The number of likely N-dealkylation sites (tertiary alicyclic amines) is 1. The van der Waals surface area contributed by atoms with Crippen LogP contribution in [0.15, 0.2) is 58.7 Å². The van der Waals surface area contributed by atoms with Gasteiger partial charge in [0.2, 0.25) is 17.7 Å². The molecule has 3 heterocycles. The number of carbonyl (C=O) groups is 2. The maximum atomic E-state index is 13.1. The summed E-state index contributed by atoms with van der Waals surface area (Å²) in [4.78, 5) is 36.8. The van der Waals surface area contributed by atoms with E-state index in [0.29, 0.717) is 47.8 Å². The second-order valence-corrected chi connectivity index (χ2v) is 10.6. The molecule has 8 nitrogen and oxygen atoms in total. The molecule has 0 unspecified atom stereocenters. The summed E-state index contributed by atoms with van der Waals surface area (Å²) in [5.41, 5.74) is 2.83. The number of fused-ring (bicyclic) bond motifs is 1. The number of aromatic nitrogens is 2. The molecule has 0 bridgehead atoms. The SMILES string of the molecule is CCOC(=O)/C(=C/c1ccc(OCCc2nc(-c3ccccc3)oc2C)nc1)CC(=O)N1C[C@H]2CCCC[C@H]2C1. The standard InChI is InChI=1S/C32H37N3O5/c1-3-38-32(37)27(18-30(36)35-20-25-11-7-8-12-26(25)21-35)17-23-13-14-29(33-19-23)39-16-15-28-22(2)40-31(34-28)24-9-5-4-6-10-24/h4-6,9-10,13-14,17,19,25-26H,3,7-8,11-12,15-16,18,20-21H2,1-2H3/b27-17+/t25-,26+. The minimum absolute atomic E-state index is 0.0137. The lowest BCUT2D eigenvalue weighted by Crippen LogP contribution is -2.30. The highest BCUT2D eigenvalue weighted by atomic mass is 16.5. The van der Waals surface area contributed by atoms with Crippen LogP contribution < -0.4 is 4.74 Å². The second kappa shape index (κ2) is 12.9. The highest BCUT2D eigenvalue weighted by Gasteiger charge is 2.36. The van der Waals surface area contributed by atoms with Crippen LogP contribution in [0.5, 0.6) is 5.88 Å². The van der Waals surface area contributed by atoms with Crippen molar-refractivity contribution in [3.63, 3.8) is 0 Å². The maximum absolute atomic E-state index is 13.1. The van der Waals surface area contributed by atoms with Gasteiger partial charge in [0.25, 0.3) is 0 Å². The molecule has 2 fully saturated rings. The number of nitrogens with zero attached hydrogens (tertiary/aromatic N) is 3. The number of pyridine rings is 1. The number of benzene rings is 1. The first-order chi connectivity index (χ1) is 19.5. The molecular formula is C32H37N3O5. The fourth-order valence-corrected chi connectivity index (χ4v) is 5.67. The van der Waals surface area contributed by atoms with Crippen LogP contribution in [-0.2, 0) is 20.7 Å².